The Kier molecular flexibility index (Phi) is 7.39. The number of thiophene rings is 1. The molecule has 258 valence electrons. The number of fused-ring (bicyclic) bond motifs is 8. The van der Waals surface area contributed by atoms with Crippen molar-refractivity contribution in [3.05, 3.63) is 200 Å². The molecule has 0 spiro atoms. The van der Waals surface area contributed by atoms with Gasteiger partial charge >= 0.3 is 0 Å². The number of furan rings is 1. The summed E-state index contributed by atoms with van der Waals surface area (Å²) in [5.74, 6) is 0. The minimum atomic E-state index is 0.921. The maximum Gasteiger partial charge on any atom is 0.144 e. The van der Waals surface area contributed by atoms with Crippen molar-refractivity contribution < 1.29 is 4.42 Å². The Bertz CT molecular complexity index is 3190. The summed E-state index contributed by atoms with van der Waals surface area (Å²) in [6, 6.07) is 72.1. The van der Waals surface area contributed by atoms with Crippen LogP contribution in [-0.4, -0.2) is 0 Å². The zero-order chi connectivity index (χ0) is 36.3. The predicted molar refractivity (Wildman–Crippen MR) is 235 cm³/mol. The molecule has 0 fully saturated rings. The summed E-state index contributed by atoms with van der Waals surface area (Å²) in [5, 5.41) is 7.24. The average molecular weight is 720 g/mol. The van der Waals surface area contributed by atoms with Crippen LogP contribution in [0.2, 0.25) is 0 Å². The van der Waals surface area contributed by atoms with E-state index in [1.54, 1.807) is 0 Å². The van der Waals surface area contributed by atoms with Gasteiger partial charge in [-0.15, -0.1) is 11.3 Å². The molecule has 0 aliphatic carbocycles. The van der Waals surface area contributed by atoms with Crippen molar-refractivity contribution in [2.24, 2.45) is 0 Å². The van der Waals surface area contributed by atoms with Crippen molar-refractivity contribution >= 4 is 81.3 Å². The first kappa shape index (κ1) is 31.6. The lowest BCUT2D eigenvalue weighted by Gasteiger charge is -2.26. The molecule has 2 aromatic heterocycles. The van der Waals surface area contributed by atoms with Crippen LogP contribution in [0.4, 0.5) is 17.1 Å². The second kappa shape index (κ2) is 12.9. The highest BCUT2D eigenvalue weighted by molar-refractivity contribution is 7.26. The summed E-state index contributed by atoms with van der Waals surface area (Å²) in [6.07, 6.45) is 0. The molecule has 0 amide bonds. The Morgan fingerprint density at radius 1 is 0.364 bits per heavy atom. The Morgan fingerprint density at radius 2 is 0.982 bits per heavy atom. The molecule has 0 atom stereocenters. The lowest BCUT2D eigenvalue weighted by atomic mass is 9.97. The summed E-state index contributed by atoms with van der Waals surface area (Å²) < 4.78 is 9.09. The molecule has 0 aliphatic rings. The van der Waals surface area contributed by atoms with E-state index in [9.17, 15) is 0 Å². The van der Waals surface area contributed by atoms with Crippen molar-refractivity contribution in [3.8, 4) is 33.4 Å². The van der Waals surface area contributed by atoms with Gasteiger partial charge in [-0.2, -0.15) is 0 Å². The number of nitrogens with zero attached hydrogens (tertiary/aromatic N) is 1. The van der Waals surface area contributed by atoms with Crippen molar-refractivity contribution in [1.29, 1.82) is 0 Å². The van der Waals surface area contributed by atoms with E-state index >= 15 is 0 Å². The molecule has 0 saturated carbocycles. The number of rotatable bonds is 6. The number of benzene rings is 9. The Balaban J connectivity index is 1.07. The highest BCUT2D eigenvalue weighted by Gasteiger charge is 2.19. The zero-order valence-corrected chi connectivity index (χ0v) is 30.6. The first-order chi connectivity index (χ1) is 27.3. The molecule has 0 unspecified atom stereocenters. The molecule has 0 N–H and O–H groups in total. The Morgan fingerprint density at radius 3 is 1.82 bits per heavy atom. The molecule has 11 aromatic rings. The third-order valence-corrected chi connectivity index (χ3v) is 12.0. The van der Waals surface area contributed by atoms with Gasteiger partial charge in [0, 0.05) is 48.0 Å². The highest BCUT2D eigenvalue weighted by Crippen LogP contribution is 2.46. The topological polar surface area (TPSA) is 16.4 Å². The molecular weight excluding hydrogens is 687 g/mol. The fourth-order valence-corrected chi connectivity index (χ4v) is 9.42. The van der Waals surface area contributed by atoms with Gasteiger partial charge in [0.2, 0.25) is 0 Å². The molecule has 55 heavy (non-hydrogen) atoms. The first-order valence-corrected chi connectivity index (χ1v) is 19.5. The molecule has 3 heteroatoms. The van der Waals surface area contributed by atoms with Crippen LogP contribution >= 0.6 is 11.3 Å². The van der Waals surface area contributed by atoms with Crippen molar-refractivity contribution in [2.45, 2.75) is 0 Å². The standard InChI is InChI=1S/C52H33NOS/c1-2-11-34(12-3-1)35-23-27-39(28-24-35)53(40-29-25-37(26-30-40)43-19-9-14-36-13-4-5-17-42(36)43)41-16-8-15-38(33-41)44-20-10-22-48-50(44)51-49(55-48)32-31-46-45-18-6-7-21-47(45)54-52(46)51/h1-33H. The van der Waals surface area contributed by atoms with Gasteiger partial charge < -0.3 is 9.32 Å². The summed E-state index contributed by atoms with van der Waals surface area (Å²) in [6.45, 7) is 0. The largest absolute Gasteiger partial charge is 0.455 e. The van der Waals surface area contributed by atoms with Gasteiger partial charge in [-0.1, -0.05) is 140 Å². The van der Waals surface area contributed by atoms with E-state index in [1.165, 1.54) is 58.8 Å². The molecule has 0 saturated heterocycles. The average Bonchev–Trinajstić information content (AvgIpc) is 3.83. The highest BCUT2D eigenvalue weighted by atomic mass is 32.1. The van der Waals surface area contributed by atoms with Crippen LogP contribution in [0.5, 0.6) is 0 Å². The first-order valence-electron chi connectivity index (χ1n) is 18.7. The van der Waals surface area contributed by atoms with Crippen LogP contribution < -0.4 is 4.90 Å². The number of anilines is 3. The van der Waals surface area contributed by atoms with Crippen LogP contribution in [0.1, 0.15) is 0 Å². The van der Waals surface area contributed by atoms with E-state index in [0.717, 1.165) is 44.6 Å². The third-order valence-electron chi connectivity index (χ3n) is 10.9. The summed E-state index contributed by atoms with van der Waals surface area (Å²) in [5.41, 5.74) is 12.3. The maximum atomic E-state index is 6.61. The van der Waals surface area contributed by atoms with Gasteiger partial charge in [0.25, 0.3) is 0 Å². The molecule has 9 aromatic carbocycles. The summed E-state index contributed by atoms with van der Waals surface area (Å²) >= 11 is 1.83. The van der Waals surface area contributed by atoms with Crippen LogP contribution in [0.15, 0.2) is 205 Å². The Hall–Kier alpha value is -6.94. The maximum absolute atomic E-state index is 6.61. The van der Waals surface area contributed by atoms with Gasteiger partial charge in [0.05, 0.1) is 0 Å². The van der Waals surface area contributed by atoms with E-state index in [1.807, 2.05) is 17.4 Å². The van der Waals surface area contributed by atoms with E-state index in [2.05, 4.69) is 199 Å². The lowest BCUT2D eigenvalue weighted by molar-refractivity contribution is 0.673. The molecule has 2 nitrogen and oxygen atoms in total. The van der Waals surface area contributed by atoms with Crippen molar-refractivity contribution in [1.82, 2.24) is 0 Å². The second-order valence-corrected chi connectivity index (χ2v) is 15.2. The third kappa shape index (κ3) is 5.32. The number of hydrogen-bond acceptors (Lipinski definition) is 3. The van der Waals surface area contributed by atoms with Crippen LogP contribution in [0, 0.1) is 0 Å². The van der Waals surface area contributed by atoms with Crippen LogP contribution in [-0.2, 0) is 0 Å². The molecule has 0 aliphatic heterocycles. The van der Waals surface area contributed by atoms with E-state index in [0.29, 0.717) is 0 Å². The van der Waals surface area contributed by atoms with E-state index in [-0.39, 0.29) is 0 Å². The van der Waals surface area contributed by atoms with Gasteiger partial charge in [0.1, 0.15) is 11.2 Å². The molecule has 0 radical (unpaired) electrons. The summed E-state index contributed by atoms with van der Waals surface area (Å²) in [7, 11) is 0. The van der Waals surface area contributed by atoms with E-state index < -0.39 is 0 Å². The Labute approximate surface area is 322 Å². The van der Waals surface area contributed by atoms with E-state index in [4.69, 9.17) is 4.42 Å². The quantitative estimate of drug-likeness (QED) is 0.170. The fourth-order valence-electron chi connectivity index (χ4n) is 8.29. The summed E-state index contributed by atoms with van der Waals surface area (Å²) in [4.78, 5) is 2.37. The fraction of sp³-hybridized carbons (Fsp3) is 0. The second-order valence-electron chi connectivity index (χ2n) is 14.1. The SMILES string of the molecule is c1ccc(-c2ccc(N(c3ccc(-c4cccc5ccccc45)cc3)c3cccc(-c4cccc5sc6ccc7c8ccccc8oc7c6c45)c3)cc2)cc1. The molecule has 11 rings (SSSR count). The normalized spacial score (nSPS) is 11.6. The van der Waals surface area contributed by atoms with Gasteiger partial charge in [-0.05, 0) is 105 Å². The minimum Gasteiger partial charge on any atom is -0.455 e. The number of hydrogen-bond donors (Lipinski definition) is 0. The molecule has 2 heterocycles. The smallest absolute Gasteiger partial charge is 0.144 e. The zero-order valence-electron chi connectivity index (χ0n) is 29.8. The minimum absolute atomic E-state index is 0.921. The van der Waals surface area contributed by atoms with Crippen LogP contribution in [0.3, 0.4) is 0 Å². The lowest BCUT2D eigenvalue weighted by Crippen LogP contribution is -2.10. The van der Waals surface area contributed by atoms with Crippen LogP contribution in [0.25, 0.3) is 86.3 Å². The van der Waals surface area contributed by atoms with Crippen molar-refractivity contribution in [3.63, 3.8) is 0 Å². The number of para-hydroxylation sites is 1. The monoisotopic (exact) mass is 719 g/mol. The van der Waals surface area contributed by atoms with Gasteiger partial charge in [-0.3, -0.25) is 0 Å². The molecular formula is C52H33NOS. The molecule has 0 bridgehead atoms. The van der Waals surface area contributed by atoms with Gasteiger partial charge in [0.15, 0.2) is 0 Å². The van der Waals surface area contributed by atoms with Crippen molar-refractivity contribution in [2.75, 3.05) is 4.90 Å². The predicted octanol–water partition coefficient (Wildman–Crippen LogP) is 15.6. The van der Waals surface area contributed by atoms with Gasteiger partial charge in [-0.25, -0.2) is 0 Å².